The number of aryl methyl sites for hydroxylation is 1. The van der Waals surface area contributed by atoms with Gasteiger partial charge >= 0.3 is 0 Å². The predicted octanol–water partition coefficient (Wildman–Crippen LogP) is 2.36. The third kappa shape index (κ3) is 4.34. The van der Waals surface area contributed by atoms with Crippen molar-refractivity contribution in [2.45, 2.75) is 51.1 Å². The summed E-state index contributed by atoms with van der Waals surface area (Å²) in [5.74, 6) is 0.262. The van der Waals surface area contributed by atoms with Gasteiger partial charge in [-0.3, -0.25) is 4.79 Å². The number of nitrogens with two attached hydrogens (primary N) is 1. The maximum atomic E-state index is 13.0. The number of pyridine rings is 2. The molecule has 1 aliphatic rings. The van der Waals surface area contributed by atoms with Crippen LogP contribution in [0.2, 0.25) is 0 Å². The van der Waals surface area contributed by atoms with Crippen molar-refractivity contribution >= 4 is 27.6 Å². The number of nitrogens with one attached hydrogen (secondary N) is 1. The minimum absolute atomic E-state index is 0.0581. The van der Waals surface area contributed by atoms with E-state index >= 15 is 0 Å². The number of carbonyl (C=O) groups is 1. The zero-order valence-electron chi connectivity index (χ0n) is 17.1. The summed E-state index contributed by atoms with van der Waals surface area (Å²) in [6.45, 7) is 9.09. The molecular formula is C20H27N5O3S. The zero-order valence-corrected chi connectivity index (χ0v) is 18.0. The molecule has 0 bridgehead atoms. The Hall–Kier alpha value is -2.68. The average molecular weight is 418 g/mol. The molecule has 0 unspecified atom stereocenters. The van der Waals surface area contributed by atoms with Crippen LogP contribution in [0.5, 0.6) is 0 Å². The van der Waals surface area contributed by atoms with Crippen molar-refractivity contribution in [3.63, 3.8) is 0 Å². The molecule has 9 heteroatoms. The van der Waals surface area contributed by atoms with Crippen LogP contribution in [0.15, 0.2) is 35.4 Å². The fourth-order valence-corrected chi connectivity index (χ4v) is 4.78. The Morgan fingerprint density at radius 2 is 2.00 bits per heavy atom. The SMILES string of the molecule is CCc1ccc(C(=O)NS(=O)(=O)c2cccc(N)n2)c(N2C[C@@H](C)CC2(C)C)n1. The molecule has 2 aromatic rings. The van der Waals surface area contributed by atoms with Gasteiger partial charge in [0, 0.05) is 17.8 Å². The van der Waals surface area contributed by atoms with Crippen molar-refractivity contribution < 1.29 is 13.2 Å². The minimum atomic E-state index is -4.16. The molecule has 1 saturated heterocycles. The van der Waals surface area contributed by atoms with Crippen molar-refractivity contribution in [3.05, 3.63) is 41.6 Å². The third-order valence-electron chi connectivity index (χ3n) is 5.12. The van der Waals surface area contributed by atoms with Gasteiger partial charge in [0.1, 0.15) is 11.6 Å². The van der Waals surface area contributed by atoms with E-state index in [1.807, 2.05) is 6.92 Å². The normalized spacial score (nSPS) is 18.6. The molecule has 8 nitrogen and oxygen atoms in total. The minimum Gasteiger partial charge on any atom is -0.384 e. The first-order valence-corrected chi connectivity index (χ1v) is 11.1. The Labute approximate surface area is 171 Å². The zero-order chi connectivity index (χ0) is 21.4. The van der Waals surface area contributed by atoms with Gasteiger partial charge in [-0.2, -0.15) is 8.42 Å². The molecule has 1 atom stereocenters. The first-order valence-electron chi connectivity index (χ1n) is 9.61. The molecule has 156 valence electrons. The van der Waals surface area contributed by atoms with Crippen molar-refractivity contribution in [3.8, 4) is 0 Å². The van der Waals surface area contributed by atoms with E-state index in [1.54, 1.807) is 12.1 Å². The lowest BCUT2D eigenvalue weighted by Crippen LogP contribution is -2.41. The molecular weight excluding hydrogens is 390 g/mol. The number of sulfonamides is 1. The van der Waals surface area contributed by atoms with Gasteiger partial charge in [-0.1, -0.05) is 19.9 Å². The summed E-state index contributed by atoms with van der Waals surface area (Å²) in [6, 6.07) is 7.62. The summed E-state index contributed by atoms with van der Waals surface area (Å²) >= 11 is 0. The first kappa shape index (κ1) is 21.0. The van der Waals surface area contributed by atoms with E-state index in [0.29, 0.717) is 18.2 Å². The van der Waals surface area contributed by atoms with Crippen LogP contribution in [-0.4, -0.2) is 36.4 Å². The second-order valence-electron chi connectivity index (χ2n) is 8.09. The Balaban J connectivity index is 1.99. The Morgan fingerprint density at radius 1 is 1.28 bits per heavy atom. The highest BCUT2D eigenvalue weighted by Gasteiger charge is 2.39. The molecule has 0 aliphatic carbocycles. The summed E-state index contributed by atoms with van der Waals surface area (Å²) in [6.07, 6.45) is 1.67. The molecule has 3 rings (SSSR count). The van der Waals surface area contributed by atoms with E-state index < -0.39 is 15.9 Å². The predicted molar refractivity (Wildman–Crippen MR) is 112 cm³/mol. The van der Waals surface area contributed by atoms with E-state index in [0.717, 1.165) is 18.7 Å². The van der Waals surface area contributed by atoms with E-state index in [-0.39, 0.29) is 21.9 Å². The smallest absolute Gasteiger partial charge is 0.281 e. The number of anilines is 2. The molecule has 1 amide bonds. The van der Waals surface area contributed by atoms with Gasteiger partial charge < -0.3 is 10.6 Å². The standard InChI is InChI=1S/C20H27N5O3S/c1-5-14-9-10-15(18(22-14)25-12-13(2)11-20(25,3)4)19(26)24-29(27,28)17-8-6-7-16(21)23-17/h6-10,13H,5,11-12H2,1-4H3,(H2,21,23)(H,24,26)/t13-/m0/s1. The van der Waals surface area contributed by atoms with Crippen molar-refractivity contribution in [1.82, 2.24) is 14.7 Å². The number of amides is 1. The molecule has 29 heavy (non-hydrogen) atoms. The highest BCUT2D eigenvalue weighted by atomic mass is 32.2. The maximum Gasteiger partial charge on any atom is 0.281 e. The number of nitrogen functional groups attached to an aromatic ring is 1. The van der Waals surface area contributed by atoms with Gasteiger partial charge in [0.2, 0.25) is 0 Å². The quantitative estimate of drug-likeness (QED) is 0.766. The summed E-state index contributed by atoms with van der Waals surface area (Å²) in [4.78, 5) is 23.5. The van der Waals surface area contributed by atoms with Gasteiger partial charge in [0.05, 0.1) is 5.56 Å². The fourth-order valence-electron chi connectivity index (χ4n) is 3.84. The van der Waals surface area contributed by atoms with Gasteiger partial charge in [0.15, 0.2) is 5.03 Å². The number of nitrogens with zero attached hydrogens (tertiary/aromatic N) is 3. The van der Waals surface area contributed by atoms with E-state index in [2.05, 4.69) is 40.4 Å². The molecule has 2 aromatic heterocycles. The van der Waals surface area contributed by atoms with Crippen LogP contribution >= 0.6 is 0 Å². The molecule has 1 aliphatic heterocycles. The first-order chi connectivity index (χ1) is 13.5. The number of hydrogen-bond acceptors (Lipinski definition) is 7. The lowest BCUT2D eigenvalue weighted by molar-refractivity contribution is 0.0981. The van der Waals surface area contributed by atoms with Gasteiger partial charge in [0.25, 0.3) is 15.9 Å². The number of rotatable bonds is 5. The Bertz CT molecular complexity index is 1040. The summed E-state index contributed by atoms with van der Waals surface area (Å²) < 4.78 is 27.3. The summed E-state index contributed by atoms with van der Waals surface area (Å²) in [5.41, 5.74) is 6.44. The lowest BCUT2D eigenvalue weighted by atomic mass is 9.97. The molecule has 3 heterocycles. The Morgan fingerprint density at radius 3 is 2.59 bits per heavy atom. The second-order valence-corrected chi connectivity index (χ2v) is 9.72. The average Bonchev–Trinajstić information content (AvgIpc) is 2.92. The molecule has 0 aromatic carbocycles. The largest absolute Gasteiger partial charge is 0.384 e. The van der Waals surface area contributed by atoms with Crippen LogP contribution in [0, 0.1) is 5.92 Å². The topological polar surface area (TPSA) is 118 Å². The van der Waals surface area contributed by atoms with Crippen LogP contribution in [0.3, 0.4) is 0 Å². The van der Waals surface area contributed by atoms with Crippen molar-refractivity contribution in [1.29, 1.82) is 0 Å². The van der Waals surface area contributed by atoms with Gasteiger partial charge in [-0.15, -0.1) is 0 Å². The van der Waals surface area contributed by atoms with E-state index in [9.17, 15) is 13.2 Å². The number of aromatic nitrogens is 2. The van der Waals surface area contributed by atoms with Crippen LogP contribution in [0.4, 0.5) is 11.6 Å². The highest BCUT2D eigenvalue weighted by molar-refractivity contribution is 7.90. The monoisotopic (exact) mass is 417 g/mol. The van der Waals surface area contributed by atoms with Crippen LogP contribution in [0.1, 0.15) is 50.2 Å². The van der Waals surface area contributed by atoms with E-state index in [1.165, 1.54) is 18.2 Å². The maximum absolute atomic E-state index is 13.0. The lowest BCUT2D eigenvalue weighted by Gasteiger charge is -2.34. The van der Waals surface area contributed by atoms with Gasteiger partial charge in [-0.25, -0.2) is 14.7 Å². The number of carbonyl (C=O) groups excluding carboxylic acids is 1. The van der Waals surface area contributed by atoms with Crippen molar-refractivity contribution in [2.24, 2.45) is 5.92 Å². The van der Waals surface area contributed by atoms with E-state index in [4.69, 9.17) is 5.73 Å². The fraction of sp³-hybridized carbons (Fsp3) is 0.450. The Kier molecular flexibility index (Phi) is 5.53. The summed E-state index contributed by atoms with van der Waals surface area (Å²) in [7, 11) is -4.16. The van der Waals surface area contributed by atoms with Crippen LogP contribution < -0.4 is 15.4 Å². The summed E-state index contributed by atoms with van der Waals surface area (Å²) in [5, 5.41) is -0.305. The third-order valence-corrected chi connectivity index (χ3v) is 6.35. The number of hydrogen-bond donors (Lipinski definition) is 2. The van der Waals surface area contributed by atoms with Crippen LogP contribution in [0.25, 0.3) is 0 Å². The molecule has 1 fully saturated rings. The van der Waals surface area contributed by atoms with Gasteiger partial charge in [-0.05, 0) is 56.9 Å². The highest BCUT2D eigenvalue weighted by Crippen LogP contribution is 2.37. The van der Waals surface area contributed by atoms with Crippen LogP contribution in [-0.2, 0) is 16.4 Å². The second kappa shape index (κ2) is 7.62. The molecule has 0 saturated carbocycles. The molecule has 0 radical (unpaired) electrons. The molecule has 3 N–H and O–H groups in total. The van der Waals surface area contributed by atoms with Crippen molar-refractivity contribution in [2.75, 3.05) is 17.2 Å². The molecule has 0 spiro atoms.